The van der Waals surface area contributed by atoms with E-state index in [0.29, 0.717) is 17.5 Å². The molecule has 1 aliphatic carbocycles. The second kappa shape index (κ2) is 11.3. The first kappa shape index (κ1) is 25.2. The Morgan fingerprint density at radius 3 is 2.32 bits per heavy atom. The van der Waals surface area contributed by atoms with Crippen LogP contribution >= 0.6 is 24.0 Å². The van der Waals surface area contributed by atoms with Crippen LogP contribution in [0.1, 0.15) is 45.1 Å². The number of guanidine groups is 1. The number of hydrogen-bond donors (Lipinski definition) is 2. The van der Waals surface area contributed by atoms with E-state index in [-0.39, 0.29) is 24.0 Å². The van der Waals surface area contributed by atoms with Gasteiger partial charge in [-0.15, -0.1) is 24.0 Å². The summed E-state index contributed by atoms with van der Waals surface area (Å²) in [5.41, 5.74) is 0.734. The lowest BCUT2D eigenvalue weighted by Gasteiger charge is -2.32. The normalized spacial score (nSPS) is 20.8. The van der Waals surface area contributed by atoms with E-state index >= 15 is 0 Å². The fourth-order valence-electron chi connectivity index (χ4n) is 3.60. The van der Waals surface area contributed by atoms with Crippen molar-refractivity contribution in [1.29, 1.82) is 0 Å². The Balaban J connectivity index is 0.00000392. The van der Waals surface area contributed by atoms with Crippen molar-refractivity contribution in [2.24, 2.45) is 16.8 Å². The van der Waals surface area contributed by atoms with E-state index in [1.54, 1.807) is 33.3 Å². The van der Waals surface area contributed by atoms with E-state index in [9.17, 15) is 8.42 Å². The van der Waals surface area contributed by atoms with Gasteiger partial charge in [-0.05, 0) is 49.1 Å². The Morgan fingerprint density at radius 1 is 1.18 bits per heavy atom. The van der Waals surface area contributed by atoms with Gasteiger partial charge >= 0.3 is 0 Å². The number of benzene rings is 1. The molecule has 1 aromatic carbocycles. The Kier molecular flexibility index (Phi) is 10.2. The van der Waals surface area contributed by atoms with E-state index in [1.807, 2.05) is 12.1 Å². The van der Waals surface area contributed by atoms with Crippen LogP contribution in [0.5, 0.6) is 0 Å². The molecule has 0 amide bonds. The number of aliphatic imine (C=N–C) groups is 1. The summed E-state index contributed by atoms with van der Waals surface area (Å²) in [6, 6.07) is 7.52. The van der Waals surface area contributed by atoms with Gasteiger partial charge in [0.1, 0.15) is 0 Å². The number of halogens is 1. The second-order valence-corrected chi connectivity index (χ2v) is 9.94. The van der Waals surface area contributed by atoms with Crippen LogP contribution in [0.3, 0.4) is 0 Å². The number of nitrogens with one attached hydrogen (secondary N) is 2. The molecule has 0 saturated heterocycles. The summed E-state index contributed by atoms with van der Waals surface area (Å²) in [7, 11) is 1.38. The highest BCUT2D eigenvalue weighted by molar-refractivity contribution is 14.0. The third-order valence-electron chi connectivity index (χ3n) is 5.46. The van der Waals surface area contributed by atoms with Crippen LogP contribution in [0.4, 0.5) is 0 Å². The number of hydrogen-bond acceptors (Lipinski definition) is 3. The van der Waals surface area contributed by atoms with Crippen molar-refractivity contribution in [3.05, 3.63) is 29.8 Å². The van der Waals surface area contributed by atoms with Crippen LogP contribution in [-0.4, -0.2) is 45.9 Å². The Hall–Kier alpha value is -0.870. The van der Waals surface area contributed by atoms with Gasteiger partial charge in [0.15, 0.2) is 5.96 Å². The second-order valence-electron chi connectivity index (χ2n) is 7.82. The zero-order valence-corrected chi connectivity index (χ0v) is 20.8. The number of nitrogens with zero attached hydrogens (tertiary/aromatic N) is 2. The highest BCUT2D eigenvalue weighted by Gasteiger charge is 2.24. The first-order valence-electron chi connectivity index (χ1n) is 9.73. The van der Waals surface area contributed by atoms with Crippen LogP contribution in [0.2, 0.25) is 0 Å². The molecule has 1 aromatic rings. The molecule has 160 valence electrons. The molecule has 1 fully saturated rings. The molecule has 2 N–H and O–H groups in total. The lowest BCUT2D eigenvalue weighted by Crippen LogP contribution is -2.45. The molecule has 0 atom stereocenters. The SMILES string of the molecule is CN=C(NCc1ccccc1S(=O)(=O)N(C)C)NC1CCC(C(C)C)CC1.I. The zero-order valence-electron chi connectivity index (χ0n) is 17.6. The standard InChI is InChI=1S/C20H34N4O2S.HI/c1-15(2)16-10-12-18(13-11-16)23-20(21-3)22-14-17-8-6-7-9-19(17)27(25,26)24(4)5;/h6-9,15-16,18H,10-14H2,1-5H3,(H2,21,22,23);1H. The largest absolute Gasteiger partial charge is 0.354 e. The summed E-state index contributed by atoms with van der Waals surface area (Å²) < 4.78 is 26.3. The van der Waals surface area contributed by atoms with Gasteiger partial charge in [-0.25, -0.2) is 12.7 Å². The molecule has 28 heavy (non-hydrogen) atoms. The summed E-state index contributed by atoms with van der Waals surface area (Å²) in [6.45, 7) is 5.01. The highest BCUT2D eigenvalue weighted by Crippen LogP contribution is 2.29. The predicted molar refractivity (Wildman–Crippen MR) is 127 cm³/mol. The molecule has 1 aliphatic rings. The van der Waals surface area contributed by atoms with E-state index in [2.05, 4.69) is 29.5 Å². The van der Waals surface area contributed by atoms with Crippen LogP contribution in [0, 0.1) is 11.8 Å². The van der Waals surface area contributed by atoms with Crippen molar-refractivity contribution in [2.75, 3.05) is 21.1 Å². The molecule has 2 rings (SSSR count). The van der Waals surface area contributed by atoms with Crippen molar-refractivity contribution in [2.45, 2.75) is 57.0 Å². The van der Waals surface area contributed by atoms with Crippen LogP contribution in [-0.2, 0) is 16.6 Å². The molecule has 0 spiro atoms. The average molecular weight is 522 g/mol. The molecular weight excluding hydrogens is 487 g/mol. The number of sulfonamides is 1. The molecule has 0 radical (unpaired) electrons. The Bertz CT molecular complexity index is 742. The van der Waals surface area contributed by atoms with E-state index in [4.69, 9.17) is 0 Å². The first-order valence-corrected chi connectivity index (χ1v) is 11.2. The Morgan fingerprint density at radius 2 is 1.79 bits per heavy atom. The molecule has 6 nitrogen and oxygen atoms in total. The lowest BCUT2D eigenvalue weighted by atomic mass is 9.80. The molecule has 0 unspecified atom stereocenters. The molecule has 1 saturated carbocycles. The van der Waals surface area contributed by atoms with E-state index < -0.39 is 10.0 Å². The third-order valence-corrected chi connectivity index (χ3v) is 7.37. The monoisotopic (exact) mass is 522 g/mol. The fraction of sp³-hybridized carbons (Fsp3) is 0.650. The fourth-order valence-corrected chi connectivity index (χ4v) is 4.71. The lowest BCUT2D eigenvalue weighted by molar-refractivity contribution is 0.250. The maximum atomic E-state index is 12.5. The smallest absolute Gasteiger partial charge is 0.242 e. The topological polar surface area (TPSA) is 73.8 Å². The van der Waals surface area contributed by atoms with E-state index in [1.165, 1.54) is 17.1 Å². The molecule has 8 heteroatoms. The maximum Gasteiger partial charge on any atom is 0.242 e. The van der Waals surface area contributed by atoms with Crippen molar-refractivity contribution in [1.82, 2.24) is 14.9 Å². The van der Waals surface area contributed by atoms with Crippen LogP contribution in [0.25, 0.3) is 0 Å². The maximum absolute atomic E-state index is 12.5. The van der Waals surface area contributed by atoms with Crippen LogP contribution in [0.15, 0.2) is 34.2 Å². The average Bonchev–Trinajstić information content (AvgIpc) is 2.65. The number of rotatable bonds is 6. The van der Waals surface area contributed by atoms with Crippen LogP contribution < -0.4 is 10.6 Å². The third kappa shape index (κ3) is 6.59. The van der Waals surface area contributed by atoms with Gasteiger partial charge in [-0.1, -0.05) is 32.0 Å². The van der Waals surface area contributed by atoms with Gasteiger partial charge in [0.25, 0.3) is 0 Å². The molecular formula is C20H35IN4O2S. The van der Waals surface area contributed by atoms with Crippen molar-refractivity contribution in [3.63, 3.8) is 0 Å². The summed E-state index contributed by atoms with van der Waals surface area (Å²) in [5, 5.41) is 6.77. The summed E-state index contributed by atoms with van der Waals surface area (Å²) in [5.74, 6) is 2.29. The molecule has 0 aromatic heterocycles. The molecule has 0 heterocycles. The van der Waals surface area contributed by atoms with Gasteiger partial charge in [0.2, 0.25) is 10.0 Å². The van der Waals surface area contributed by atoms with Gasteiger partial charge in [-0.3, -0.25) is 4.99 Å². The van der Waals surface area contributed by atoms with Crippen molar-refractivity contribution in [3.8, 4) is 0 Å². The summed E-state index contributed by atoms with van der Waals surface area (Å²) in [4.78, 5) is 4.64. The minimum atomic E-state index is -3.47. The van der Waals surface area contributed by atoms with Crippen molar-refractivity contribution >= 4 is 40.0 Å². The minimum absolute atomic E-state index is 0. The zero-order chi connectivity index (χ0) is 20.0. The van der Waals surface area contributed by atoms with Gasteiger partial charge in [-0.2, -0.15) is 0 Å². The quantitative estimate of drug-likeness (QED) is 0.341. The minimum Gasteiger partial charge on any atom is -0.354 e. The van der Waals surface area contributed by atoms with Gasteiger partial charge in [0.05, 0.1) is 4.90 Å². The Labute approximate surface area is 187 Å². The predicted octanol–water partition coefficient (Wildman–Crippen LogP) is 3.43. The highest BCUT2D eigenvalue weighted by atomic mass is 127. The van der Waals surface area contributed by atoms with E-state index in [0.717, 1.165) is 36.2 Å². The van der Waals surface area contributed by atoms with Gasteiger partial charge in [0, 0.05) is 33.7 Å². The molecule has 0 bridgehead atoms. The summed E-state index contributed by atoms with van der Waals surface area (Å²) in [6.07, 6.45) is 4.79. The van der Waals surface area contributed by atoms with Crippen molar-refractivity contribution < 1.29 is 8.42 Å². The molecule has 0 aliphatic heterocycles. The summed E-state index contributed by atoms with van der Waals surface area (Å²) >= 11 is 0. The first-order chi connectivity index (χ1) is 12.8. The van der Waals surface area contributed by atoms with Gasteiger partial charge < -0.3 is 10.6 Å².